The molecule has 0 rings (SSSR count). The molecule has 0 saturated heterocycles. The number of unbranched alkanes of at least 4 members (excludes halogenated alkanes) is 1. The van der Waals surface area contributed by atoms with E-state index in [1.807, 2.05) is 13.8 Å². The summed E-state index contributed by atoms with van der Waals surface area (Å²) in [6, 6.07) is 0. The van der Waals surface area contributed by atoms with E-state index in [2.05, 4.69) is 20.9 Å². The number of amides is 1. The maximum Gasteiger partial charge on any atom is 0.241 e. The topological polar surface area (TPSA) is 84.0 Å². The molecule has 0 aromatic rings. The van der Waals surface area contributed by atoms with Gasteiger partial charge in [0, 0.05) is 40.0 Å². The highest BCUT2D eigenvalue weighted by Crippen LogP contribution is 1.88. The molecule has 0 aromatic heterocycles. The number of hydrogen-bond donors (Lipinski definition) is 3. The molecule has 0 heterocycles. The smallest absolute Gasteiger partial charge is 0.241 e. The van der Waals surface area contributed by atoms with Crippen LogP contribution in [0.1, 0.15) is 26.7 Å². The van der Waals surface area contributed by atoms with E-state index in [9.17, 15) is 4.79 Å². The molecule has 0 atom stereocenters. The molecule has 0 aliphatic carbocycles. The second-order valence-corrected chi connectivity index (χ2v) is 4.37. The number of guanidine groups is 1. The van der Waals surface area contributed by atoms with E-state index in [0.29, 0.717) is 19.1 Å². The Kier molecular flexibility index (Phi) is 19.8. The maximum absolute atomic E-state index is 11.5. The third-order valence-corrected chi connectivity index (χ3v) is 2.57. The van der Waals surface area contributed by atoms with Crippen molar-refractivity contribution in [2.45, 2.75) is 26.7 Å². The van der Waals surface area contributed by atoms with Gasteiger partial charge in [-0.2, -0.15) is 0 Å². The van der Waals surface area contributed by atoms with Gasteiger partial charge in [-0.3, -0.25) is 4.79 Å². The van der Waals surface area contributed by atoms with Gasteiger partial charge in [0.15, 0.2) is 5.96 Å². The lowest BCUT2D eigenvalue weighted by Gasteiger charge is -2.11. The minimum absolute atomic E-state index is 0. The molecule has 0 aliphatic heterocycles. The van der Waals surface area contributed by atoms with Crippen molar-refractivity contribution in [2.75, 3.05) is 53.1 Å². The predicted octanol–water partition coefficient (Wildman–Crippen LogP) is 0.739. The first-order chi connectivity index (χ1) is 10.2. The Labute approximate surface area is 151 Å². The number of carbonyl (C=O) groups is 1. The SMILES string of the molecule is CCNC(=NCC(=O)NCCOC)NCCCCOCC.I. The van der Waals surface area contributed by atoms with Crippen LogP contribution in [0.2, 0.25) is 0 Å². The summed E-state index contributed by atoms with van der Waals surface area (Å²) in [7, 11) is 1.60. The molecular formula is C14H31IN4O3. The fourth-order valence-corrected chi connectivity index (χ4v) is 1.52. The van der Waals surface area contributed by atoms with Crippen molar-refractivity contribution in [1.82, 2.24) is 16.0 Å². The summed E-state index contributed by atoms with van der Waals surface area (Å²) in [5.41, 5.74) is 0. The molecule has 3 N–H and O–H groups in total. The first-order valence-electron chi connectivity index (χ1n) is 7.60. The van der Waals surface area contributed by atoms with Gasteiger partial charge < -0.3 is 25.4 Å². The number of nitrogens with one attached hydrogen (secondary N) is 3. The third kappa shape index (κ3) is 15.8. The monoisotopic (exact) mass is 430 g/mol. The molecule has 0 aromatic carbocycles. The molecule has 7 nitrogen and oxygen atoms in total. The van der Waals surface area contributed by atoms with Crippen LogP contribution in [0.5, 0.6) is 0 Å². The van der Waals surface area contributed by atoms with Crippen molar-refractivity contribution in [2.24, 2.45) is 4.99 Å². The second kappa shape index (κ2) is 18.4. The predicted molar refractivity (Wildman–Crippen MR) is 100 cm³/mol. The molecular weight excluding hydrogens is 399 g/mol. The maximum atomic E-state index is 11.5. The number of hydrogen-bond acceptors (Lipinski definition) is 4. The van der Waals surface area contributed by atoms with Crippen LogP contribution < -0.4 is 16.0 Å². The molecule has 0 bridgehead atoms. The molecule has 8 heteroatoms. The van der Waals surface area contributed by atoms with Crippen LogP contribution >= 0.6 is 24.0 Å². The Hall–Kier alpha value is -0.610. The van der Waals surface area contributed by atoms with Crippen LogP contribution in [0.3, 0.4) is 0 Å². The molecule has 132 valence electrons. The molecule has 0 unspecified atom stereocenters. The Balaban J connectivity index is 0. The Morgan fingerprint density at radius 2 is 1.82 bits per heavy atom. The largest absolute Gasteiger partial charge is 0.383 e. The second-order valence-electron chi connectivity index (χ2n) is 4.37. The fourth-order valence-electron chi connectivity index (χ4n) is 1.52. The van der Waals surface area contributed by atoms with E-state index in [1.54, 1.807) is 7.11 Å². The van der Waals surface area contributed by atoms with Gasteiger partial charge in [0.05, 0.1) is 6.61 Å². The number of halogens is 1. The van der Waals surface area contributed by atoms with Crippen molar-refractivity contribution in [1.29, 1.82) is 0 Å². The van der Waals surface area contributed by atoms with Gasteiger partial charge in [0.25, 0.3) is 0 Å². The molecule has 22 heavy (non-hydrogen) atoms. The third-order valence-electron chi connectivity index (χ3n) is 2.57. The lowest BCUT2D eigenvalue weighted by molar-refractivity contribution is -0.119. The summed E-state index contributed by atoms with van der Waals surface area (Å²) in [5.74, 6) is 0.552. The highest BCUT2D eigenvalue weighted by atomic mass is 127. The number of carbonyl (C=O) groups excluding carboxylic acids is 1. The number of ether oxygens (including phenoxy) is 2. The van der Waals surface area contributed by atoms with Gasteiger partial charge in [0.1, 0.15) is 6.54 Å². The Morgan fingerprint density at radius 3 is 2.45 bits per heavy atom. The van der Waals surface area contributed by atoms with E-state index >= 15 is 0 Å². The van der Waals surface area contributed by atoms with Gasteiger partial charge in [-0.1, -0.05) is 0 Å². The van der Waals surface area contributed by atoms with Crippen LogP contribution in [0.25, 0.3) is 0 Å². The Morgan fingerprint density at radius 1 is 1.05 bits per heavy atom. The molecule has 0 saturated carbocycles. The van der Waals surface area contributed by atoms with Gasteiger partial charge in [0.2, 0.25) is 5.91 Å². The standard InChI is InChI=1S/C14H30N4O3.HI/c1-4-15-14(17-8-6-7-10-21-5-2)18-12-13(19)16-9-11-20-3;/h4-12H2,1-3H3,(H,16,19)(H2,15,17,18);1H. The molecule has 0 radical (unpaired) electrons. The van der Waals surface area contributed by atoms with E-state index in [0.717, 1.165) is 39.1 Å². The summed E-state index contributed by atoms with van der Waals surface area (Å²) >= 11 is 0. The zero-order valence-corrected chi connectivity index (χ0v) is 16.3. The number of aliphatic imine (C=N–C) groups is 1. The summed E-state index contributed by atoms with van der Waals surface area (Å²) in [6.45, 7) is 8.22. The minimum atomic E-state index is -0.111. The van der Waals surface area contributed by atoms with Crippen LogP contribution in [0.4, 0.5) is 0 Å². The van der Waals surface area contributed by atoms with E-state index in [-0.39, 0.29) is 36.4 Å². The first-order valence-corrected chi connectivity index (χ1v) is 7.60. The minimum Gasteiger partial charge on any atom is -0.383 e. The highest BCUT2D eigenvalue weighted by molar-refractivity contribution is 14.0. The van der Waals surface area contributed by atoms with E-state index in [1.165, 1.54) is 0 Å². The normalized spacial score (nSPS) is 10.8. The quantitative estimate of drug-likeness (QED) is 0.184. The Bertz CT molecular complexity index is 291. The lowest BCUT2D eigenvalue weighted by atomic mass is 10.3. The summed E-state index contributed by atoms with van der Waals surface area (Å²) in [4.78, 5) is 15.8. The zero-order valence-electron chi connectivity index (χ0n) is 13.9. The molecule has 0 fully saturated rings. The summed E-state index contributed by atoms with van der Waals surface area (Å²) in [6.07, 6.45) is 2.02. The van der Waals surface area contributed by atoms with Gasteiger partial charge >= 0.3 is 0 Å². The fraction of sp³-hybridized carbons (Fsp3) is 0.857. The van der Waals surface area contributed by atoms with Gasteiger partial charge in [-0.15, -0.1) is 24.0 Å². The molecule has 1 amide bonds. The number of methoxy groups -OCH3 is 1. The lowest BCUT2D eigenvalue weighted by Crippen LogP contribution is -2.39. The van der Waals surface area contributed by atoms with E-state index in [4.69, 9.17) is 9.47 Å². The number of rotatable bonds is 12. The zero-order chi connectivity index (χ0) is 15.8. The van der Waals surface area contributed by atoms with Crippen molar-refractivity contribution >= 4 is 35.8 Å². The van der Waals surface area contributed by atoms with E-state index < -0.39 is 0 Å². The first kappa shape index (κ1) is 23.7. The molecule has 0 spiro atoms. The van der Waals surface area contributed by atoms with Crippen molar-refractivity contribution in [3.8, 4) is 0 Å². The van der Waals surface area contributed by atoms with Crippen LogP contribution in [0.15, 0.2) is 4.99 Å². The number of nitrogens with zero attached hydrogens (tertiary/aromatic N) is 1. The molecule has 0 aliphatic rings. The summed E-state index contributed by atoms with van der Waals surface area (Å²) in [5, 5.41) is 9.04. The van der Waals surface area contributed by atoms with Gasteiger partial charge in [-0.25, -0.2) is 4.99 Å². The average Bonchev–Trinajstić information content (AvgIpc) is 2.48. The van der Waals surface area contributed by atoms with Crippen LogP contribution in [-0.2, 0) is 14.3 Å². The highest BCUT2D eigenvalue weighted by Gasteiger charge is 2.01. The summed E-state index contributed by atoms with van der Waals surface area (Å²) < 4.78 is 10.1. The van der Waals surface area contributed by atoms with Crippen molar-refractivity contribution < 1.29 is 14.3 Å². The van der Waals surface area contributed by atoms with Gasteiger partial charge in [-0.05, 0) is 26.7 Å². The average molecular weight is 430 g/mol. The van der Waals surface area contributed by atoms with Crippen LogP contribution in [-0.4, -0.2) is 65.0 Å². The van der Waals surface area contributed by atoms with Crippen LogP contribution in [0, 0.1) is 0 Å². The van der Waals surface area contributed by atoms with Crippen molar-refractivity contribution in [3.05, 3.63) is 0 Å². The van der Waals surface area contributed by atoms with Crippen molar-refractivity contribution in [3.63, 3.8) is 0 Å².